The smallest absolute Gasteiger partial charge is 0.261 e. The van der Waals surface area contributed by atoms with E-state index in [0.29, 0.717) is 24.3 Å². The summed E-state index contributed by atoms with van der Waals surface area (Å²) in [4.78, 5) is 29.3. The fourth-order valence-electron chi connectivity index (χ4n) is 3.05. The number of carbonyl (C=O) groups excluding carboxylic acids is 2. The van der Waals surface area contributed by atoms with Crippen molar-refractivity contribution in [1.82, 2.24) is 10.3 Å². The van der Waals surface area contributed by atoms with Crippen LogP contribution >= 0.6 is 22.7 Å². The number of anilines is 1. The molecule has 0 spiro atoms. The van der Waals surface area contributed by atoms with Gasteiger partial charge in [0, 0.05) is 25.1 Å². The molecule has 0 unspecified atom stereocenters. The number of hydrogen-bond donors (Lipinski definition) is 2. The summed E-state index contributed by atoms with van der Waals surface area (Å²) in [6, 6.07) is 19.6. The zero-order valence-corrected chi connectivity index (χ0v) is 17.9. The Bertz CT molecular complexity index is 1100. The first-order chi connectivity index (χ1) is 14.7. The van der Waals surface area contributed by atoms with Crippen molar-refractivity contribution in [2.45, 2.75) is 19.3 Å². The van der Waals surface area contributed by atoms with Gasteiger partial charge in [-0.3, -0.25) is 9.59 Å². The average Bonchev–Trinajstić information content (AvgIpc) is 3.42. The van der Waals surface area contributed by atoms with Gasteiger partial charge in [-0.1, -0.05) is 30.3 Å². The molecular formula is C23H21N3O2S2. The molecule has 0 atom stereocenters. The van der Waals surface area contributed by atoms with Gasteiger partial charge in [-0.25, -0.2) is 4.98 Å². The number of nitrogens with zero attached hydrogens (tertiary/aromatic N) is 1. The summed E-state index contributed by atoms with van der Waals surface area (Å²) in [6.07, 6.45) is 1.73. The fourth-order valence-corrected chi connectivity index (χ4v) is 4.69. The number of amides is 2. The summed E-state index contributed by atoms with van der Waals surface area (Å²) in [6.45, 7) is 0.477. The molecule has 0 saturated heterocycles. The summed E-state index contributed by atoms with van der Waals surface area (Å²) in [5.41, 5.74) is 2.96. The van der Waals surface area contributed by atoms with E-state index in [1.54, 1.807) is 17.4 Å². The van der Waals surface area contributed by atoms with Gasteiger partial charge >= 0.3 is 0 Å². The Morgan fingerprint density at radius 1 is 0.967 bits per heavy atom. The maximum Gasteiger partial charge on any atom is 0.261 e. The number of benzene rings is 2. The number of aromatic nitrogens is 1. The summed E-state index contributed by atoms with van der Waals surface area (Å²) in [7, 11) is 0. The lowest BCUT2D eigenvalue weighted by molar-refractivity contribution is -0.116. The molecule has 2 N–H and O–H groups in total. The topological polar surface area (TPSA) is 71.1 Å². The van der Waals surface area contributed by atoms with Crippen molar-refractivity contribution in [3.8, 4) is 0 Å². The Morgan fingerprint density at radius 2 is 1.80 bits per heavy atom. The normalized spacial score (nSPS) is 10.8. The Balaban J connectivity index is 1.22. The minimum atomic E-state index is -0.0888. The number of para-hydroxylation sites is 1. The van der Waals surface area contributed by atoms with E-state index in [2.05, 4.69) is 21.7 Å². The lowest BCUT2D eigenvalue weighted by Gasteiger charge is -2.07. The van der Waals surface area contributed by atoms with E-state index < -0.39 is 0 Å². The Labute approximate surface area is 182 Å². The minimum Gasteiger partial charge on any atom is -0.351 e. The van der Waals surface area contributed by atoms with Gasteiger partial charge in [-0.15, -0.1) is 22.7 Å². The third-order valence-corrected chi connectivity index (χ3v) is 6.45. The Hall–Kier alpha value is -3.03. The second-order valence-corrected chi connectivity index (χ2v) is 8.90. The molecular weight excluding hydrogens is 414 g/mol. The van der Waals surface area contributed by atoms with Crippen LogP contribution in [0.4, 0.5) is 5.69 Å². The van der Waals surface area contributed by atoms with Crippen molar-refractivity contribution in [2.24, 2.45) is 0 Å². The van der Waals surface area contributed by atoms with E-state index >= 15 is 0 Å². The van der Waals surface area contributed by atoms with Gasteiger partial charge in [0.25, 0.3) is 5.91 Å². The highest BCUT2D eigenvalue weighted by molar-refractivity contribution is 7.18. The van der Waals surface area contributed by atoms with Gasteiger partial charge in [0.15, 0.2) is 0 Å². The SMILES string of the molecule is O=C(CCCNC(=O)c1cccs1)Nc1ccc(Cc2nc3ccccc3s2)cc1. The number of thiazole rings is 1. The van der Waals surface area contributed by atoms with Crippen LogP contribution in [0.15, 0.2) is 66.0 Å². The predicted molar refractivity (Wildman–Crippen MR) is 123 cm³/mol. The molecule has 5 nitrogen and oxygen atoms in total. The van der Waals surface area contributed by atoms with Crippen LogP contribution < -0.4 is 10.6 Å². The lowest BCUT2D eigenvalue weighted by atomic mass is 10.1. The van der Waals surface area contributed by atoms with Crippen LogP contribution in [0, 0.1) is 0 Å². The molecule has 0 aliphatic heterocycles. The molecule has 2 amide bonds. The predicted octanol–water partition coefficient (Wildman–Crippen LogP) is 5.10. The van der Waals surface area contributed by atoms with Gasteiger partial charge < -0.3 is 10.6 Å². The second kappa shape index (κ2) is 9.65. The molecule has 30 heavy (non-hydrogen) atoms. The summed E-state index contributed by atoms with van der Waals surface area (Å²) >= 11 is 3.11. The molecule has 0 saturated carbocycles. The zero-order chi connectivity index (χ0) is 20.8. The molecule has 0 aliphatic carbocycles. The summed E-state index contributed by atoms with van der Waals surface area (Å²) < 4.78 is 1.20. The molecule has 0 fully saturated rings. The summed E-state index contributed by atoms with van der Waals surface area (Å²) in [5.74, 6) is -0.145. The molecule has 2 aromatic heterocycles. The zero-order valence-electron chi connectivity index (χ0n) is 16.3. The van der Waals surface area contributed by atoms with Crippen LogP contribution in [0.25, 0.3) is 10.2 Å². The lowest BCUT2D eigenvalue weighted by Crippen LogP contribution is -2.24. The standard InChI is InChI=1S/C23H21N3O2S2/c27-21(8-3-13-24-23(28)20-7-4-14-29-20)25-17-11-9-16(10-12-17)15-22-26-18-5-1-2-6-19(18)30-22/h1-2,4-7,9-12,14H,3,8,13,15H2,(H,24,28)(H,25,27). The maximum atomic E-state index is 12.1. The van der Waals surface area contributed by atoms with E-state index in [9.17, 15) is 9.59 Å². The van der Waals surface area contributed by atoms with Crippen LogP contribution in [0.2, 0.25) is 0 Å². The molecule has 2 aromatic carbocycles. The molecule has 0 radical (unpaired) electrons. The molecule has 4 aromatic rings. The van der Waals surface area contributed by atoms with Gasteiger partial charge in [0.05, 0.1) is 20.1 Å². The summed E-state index contributed by atoms with van der Waals surface area (Å²) in [5, 5.41) is 8.69. The number of nitrogens with one attached hydrogen (secondary N) is 2. The molecule has 7 heteroatoms. The van der Waals surface area contributed by atoms with Crippen molar-refractivity contribution in [1.29, 1.82) is 0 Å². The molecule has 2 heterocycles. The van der Waals surface area contributed by atoms with Gasteiger partial charge in [-0.2, -0.15) is 0 Å². The monoisotopic (exact) mass is 435 g/mol. The molecule has 152 valence electrons. The second-order valence-electron chi connectivity index (χ2n) is 6.83. The van der Waals surface area contributed by atoms with E-state index in [1.807, 2.05) is 53.9 Å². The molecule has 0 aliphatic rings. The van der Waals surface area contributed by atoms with Crippen molar-refractivity contribution < 1.29 is 9.59 Å². The first-order valence-electron chi connectivity index (χ1n) is 9.72. The first-order valence-corrected chi connectivity index (χ1v) is 11.4. The maximum absolute atomic E-state index is 12.1. The number of fused-ring (bicyclic) bond motifs is 1. The van der Waals surface area contributed by atoms with E-state index in [1.165, 1.54) is 16.0 Å². The number of rotatable bonds is 8. The largest absolute Gasteiger partial charge is 0.351 e. The van der Waals surface area contributed by atoms with E-state index in [0.717, 1.165) is 28.2 Å². The van der Waals surface area contributed by atoms with Gasteiger partial charge in [-0.05, 0) is 47.7 Å². The fraction of sp³-hybridized carbons (Fsp3) is 0.174. The van der Waals surface area contributed by atoms with Crippen LogP contribution in [-0.2, 0) is 11.2 Å². The number of carbonyl (C=O) groups is 2. The minimum absolute atomic E-state index is 0.0562. The average molecular weight is 436 g/mol. The van der Waals surface area contributed by atoms with Crippen molar-refractivity contribution in [2.75, 3.05) is 11.9 Å². The Morgan fingerprint density at radius 3 is 2.57 bits per heavy atom. The highest BCUT2D eigenvalue weighted by atomic mass is 32.1. The molecule has 4 rings (SSSR count). The Kier molecular flexibility index (Phi) is 6.51. The van der Waals surface area contributed by atoms with E-state index in [4.69, 9.17) is 0 Å². The number of thiophene rings is 1. The van der Waals surface area contributed by atoms with E-state index in [-0.39, 0.29) is 11.8 Å². The van der Waals surface area contributed by atoms with Gasteiger partial charge in [0.1, 0.15) is 0 Å². The highest BCUT2D eigenvalue weighted by Crippen LogP contribution is 2.24. The first kappa shape index (κ1) is 20.3. The van der Waals surface area contributed by atoms with Crippen molar-refractivity contribution in [3.05, 3.63) is 81.5 Å². The third kappa shape index (κ3) is 5.31. The third-order valence-electron chi connectivity index (χ3n) is 4.54. The number of hydrogen-bond acceptors (Lipinski definition) is 5. The van der Waals surface area contributed by atoms with Crippen LogP contribution in [0.5, 0.6) is 0 Å². The van der Waals surface area contributed by atoms with Crippen molar-refractivity contribution in [3.63, 3.8) is 0 Å². The quantitative estimate of drug-likeness (QED) is 0.378. The van der Waals surface area contributed by atoms with Crippen LogP contribution in [-0.4, -0.2) is 23.3 Å². The van der Waals surface area contributed by atoms with Gasteiger partial charge in [0.2, 0.25) is 5.91 Å². The molecule has 0 bridgehead atoms. The van der Waals surface area contributed by atoms with Crippen molar-refractivity contribution >= 4 is 50.4 Å². The highest BCUT2D eigenvalue weighted by Gasteiger charge is 2.08. The van der Waals surface area contributed by atoms with Crippen LogP contribution in [0.3, 0.4) is 0 Å². The van der Waals surface area contributed by atoms with Crippen LogP contribution in [0.1, 0.15) is 33.1 Å².